The quantitative estimate of drug-likeness (QED) is 0.770. The number of hydrogen-bond donors (Lipinski definition) is 2. The van der Waals surface area contributed by atoms with Crippen molar-refractivity contribution in [3.8, 4) is 0 Å². The molecule has 1 heterocycles. The number of likely N-dealkylation sites (tertiary alicyclic amines) is 1. The molecule has 0 aromatic heterocycles. The molecule has 1 saturated heterocycles. The molecule has 0 spiro atoms. The fourth-order valence-corrected chi connectivity index (χ4v) is 3.19. The van der Waals surface area contributed by atoms with Gasteiger partial charge < -0.3 is 16.0 Å². The molecule has 0 aromatic rings. The Morgan fingerprint density at radius 1 is 1.29 bits per heavy atom. The molecule has 2 unspecified atom stereocenters. The summed E-state index contributed by atoms with van der Waals surface area (Å²) in [5, 5.41) is 3.16. The summed E-state index contributed by atoms with van der Waals surface area (Å²) in [5.41, 5.74) is 5.81. The third-order valence-corrected chi connectivity index (χ3v) is 4.30. The number of hydrogen-bond acceptors (Lipinski definition) is 2. The fourth-order valence-electron chi connectivity index (χ4n) is 3.19. The monoisotopic (exact) mass is 239 g/mol. The third kappa shape index (κ3) is 2.92. The van der Waals surface area contributed by atoms with Crippen molar-refractivity contribution in [2.75, 3.05) is 13.1 Å². The van der Waals surface area contributed by atoms with E-state index in [-0.39, 0.29) is 12.1 Å². The Balaban J connectivity index is 1.91. The zero-order valence-corrected chi connectivity index (χ0v) is 10.8. The van der Waals surface area contributed by atoms with Crippen molar-refractivity contribution >= 4 is 6.03 Å². The van der Waals surface area contributed by atoms with Gasteiger partial charge in [-0.3, -0.25) is 0 Å². The molecule has 1 aliphatic heterocycles. The highest BCUT2D eigenvalue weighted by molar-refractivity contribution is 5.75. The summed E-state index contributed by atoms with van der Waals surface area (Å²) in [6, 6.07) is 0.738. The van der Waals surface area contributed by atoms with Crippen molar-refractivity contribution in [1.82, 2.24) is 10.2 Å². The number of nitrogens with two attached hydrogens (primary N) is 1. The van der Waals surface area contributed by atoms with E-state index in [9.17, 15) is 4.79 Å². The first-order valence-electron chi connectivity index (χ1n) is 6.99. The largest absolute Gasteiger partial charge is 0.335 e. The van der Waals surface area contributed by atoms with Gasteiger partial charge >= 0.3 is 6.03 Å². The zero-order valence-electron chi connectivity index (χ0n) is 10.8. The number of urea groups is 1. The summed E-state index contributed by atoms with van der Waals surface area (Å²) in [5.74, 6) is 0.531. The number of amides is 2. The molecule has 98 valence electrons. The van der Waals surface area contributed by atoms with Crippen LogP contribution in [0.1, 0.15) is 45.4 Å². The summed E-state index contributed by atoms with van der Waals surface area (Å²) in [6.45, 7) is 3.65. The number of piperidine rings is 1. The molecule has 2 fully saturated rings. The van der Waals surface area contributed by atoms with Gasteiger partial charge in [0.2, 0.25) is 0 Å². The van der Waals surface area contributed by atoms with E-state index < -0.39 is 0 Å². The van der Waals surface area contributed by atoms with Crippen LogP contribution in [-0.2, 0) is 0 Å². The van der Waals surface area contributed by atoms with Crippen molar-refractivity contribution in [2.24, 2.45) is 11.7 Å². The average molecular weight is 239 g/mol. The Morgan fingerprint density at radius 2 is 2.00 bits per heavy atom. The molecule has 4 heteroatoms. The SMILES string of the molecule is CC1CCCN(C(=O)NC2CCCC2)C1CN. The van der Waals surface area contributed by atoms with Gasteiger partial charge in [0.05, 0.1) is 0 Å². The standard InChI is InChI=1S/C13H25N3O/c1-10-5-4-8-16(12(10)9-14)13(17)15-11-6-2-3-7-11/h10-12H,2-9,14H2,1H3,(H,15,17). The number of rotatable bonds is 2. The Kier molecular flexibility index (Phi) is 4.26. The number of carbonyl (C=O) groups is 1. The van der Waals surface area contributed by atoms with Gasteiger partial charge in [0, 0.05) is 25.2 Å². The third-order valence-electron chi connectivity index (χ3n) is 4.30. The minimum absolute atomic E-state index is 0.110. The molecule has 1 aliphatic carbocycles. The van der Waals surface area contributed by atoms with Crippen molar-refractivity contribution in [1.29, 1.82) is 0 Å². The zero-order chi connectivity index (χ0) is 12.3. The first-order chi connectivity index (χ1) is 8.22. The lowest BCUT2D eigenvalue weighted by molar-refractivity contribution is 0.121. The molecule has 2 aliphatic rings. The molecule has 3 N–H and O–H groups in total. The van der Waals surface area contributed by atoms with E-state index in [4.69, 9.17) is 5.73 Å². The maximum Gasteiger partial charge on any atom is 0.317 e. The Hall–Kier alpha value is -0.770. The first-order valence-corrected chi connectivity index (χ1v) is 6.99. The van der Waals surface area contributed by atoms with Gasteiger partial charge in [0.1, 0.15) is 0 Å². The second-order valence-electron chi connectivity index (χ2n) is 5.55. The Labute approximate surface area is 104 Å². The van der Waals surface area contributed by atoms with Crippen LogP contribution in [0.15, 0.2) is 0 Å². The van der Waals surface area contributed by atoms with E-state index in [0.717, 1.165) is 25.8 Å². The highest BCUT2D eigenvalue weighted by Crippen LogP contribution is 2.23. The lowest BCUT2D eigenvalue weighted by Gasteiger charge is -2.39. The van der Waals surface area contributed by atoms with Gasteiger partial charge in [0.15, 0.2) is 0 Å². The highest BCUT2D eigenvalue weighted by Gasteiger charge is 2.31. The molecule has 0 aromatic carbocycles. The van der Waals surface area contributed by atoms with Crippen LogP contribution in [0.2, 0.25) is 0 Å². The molecule has 17 heavy (non-hydrogen) atoms. The predicted octanol–water partition coefficient (Wildman–Crippen LogP) is 1.70. The minimum atomic E-state index is 0.110. The van der Waals surface area contributed by atoms with Crippen LogP contribution in [0.5, 0.6) is 0 Å². The van der Waals surface area contributed by atoms with E-state index >= 15 is 0 Å². The molecule has 2 rings (SSSR count). The van der Waals surface area contributed by atoms with Crippen LogP contribution in [0, 0.1) is 5.92 Å². The van der Waals surface area contributed by atoms with Gasteiger partial charge in [-0.05, 0) is 31.6 Å². The van der Waals surface area contributed by atoms with Crippen LogP contribution in [0.4, 0.5) is 4.79 Å². The molecule has 1 saturated carbocycles. The molecule has 2 atom stereocenters. The number of nitrogens with one attached hydrogen (secondary N) is 1. The van der Waals surface area contributed by atoms with Gasteiger partial charge in [-0.15, -0.1) is 0 Å². The maximum absolute atomic E-state index is 12.2. The van der Waals surface area contributed by atoms with Crippen molar-refractivity contribution in [3.05, 3.63) is 0 Å². The lowest BCUT2D eigenvalue weighted by Crippen LogP contribution is -2.55. The summed E-state index contributed by atoms with van der Waals surface area (Å²) < 4.78 is 0. The molecule has 4 nitrogen and oxygen atoms in total. The average Bonchev–Trinajstić information content (AvgIpc) is 2.81. The van der Waals surface area contributed by atoms with Crippen LogP contribution >= 0.6 is 0 Å². The number of nitrogens with zero attached hydrogens (tertiary/aromatic N) is 1. The Morgan fingerprint density at radius 3 is 2.65 bits per heavy atom. The second kappa shape index (κ2) is 5.71. The van der Waals surface area contributed by atoms with E-state index in [2.05, 4.69) is 12.2 Å². The maximum atomic E-state index is 12.2. The smallest absolute Gasteiger partial charge is 0.317 e. The van der Waals surface area contributed by atoms with Gasteiger partial charge in [-0.2, -0.15) is 0 Å². The molecular formula is C13H25N3O. The fraction of sp³-hybridized carbons (Fsp3) is 0.923. The van der Waals surface area contributed by atoms with Crippen LogP contribution in [0.3, 0.4) is 0 Å². The summed E-state index contributed by atoms with van der Waals surface area (Å²) in [6.07, 6.45) is 7.08. The van der Waals surface area contributed by atoms with E-state index in [1.165, 1.54) is 19.3 Å². The minimum Gasteiger partial charge on any atom is -0.335 e. The lowest BCUT2D eigenvalue weighted by atomic mass is 9.91. The summed E-state index contributed by atoms with van der Waals surface area (Å²) in [4.78, 5) is 14.2. The van der Waals surface area contributed by atoms with E-state index in [1.54, 1.807) is 0 Å². The van der Waals surface area contributed by atoms with Crippen molar-refractivity contribution < 1.29 is 4.79 Å². The Bertz CT molecular complexity index is 263. The molecule has 0 bridgehead atoms. The first kappa shape index (κ1) is 12.7. The number of carbonyl (C=O) groups excluding carboxylic acids is 1. The van der Waals surface area contributed by atoms with Gasteiger partial charge in [0.25, 0.3) is 0 Å². The second-order valence-corrected chi connectivity index (χ2v) is 5.55. The predicted molar refractivity (Wildman–Crippen MR) is 68.7 cm³/mol. The molecule has 0 radical (unpaired) electrons. The summed E-state index contributed by atoms with van der Waals surface area (Å²) in [7, 11) is 0. The van der Waals surface area contributed by atoms with Crippen LogP contribution in [-0.4, -0.2) is 36.1 Å². The molecular weight excluding hydrogens is 214 g/mol. The van der Waals surface area contributed by atoms with E-state index in [1.807, 2.05) is 4.90 Å². The van der Waals surface area contributed by atoms with E-state index in [0.29, 0.717) is 18.5 Å². The normalized spacial score (nSPS) is 30.6. The van der Waals surface area contributed by atoms with Crippen molar-refractivity contribution in [2.45, 2.75) is 57.5 Å². The molecule has 2 amide bonds. The van der Waals surface area contributed by atoms with Gasteiger partial charge in [-0.25, -0.2) is 4.79 Å². The highest BCUT2D eigenvalue weighted by atomic mass is 16.2. The van der Waals surface area contributed by atoms with Gasteiger partial charge in [-0.1, -0.05) is 19.8 Å². The van der Waals surface area contributed by atoms with Crippen LogP contribution < -0.4 is 11.1 Å². The van der Waals surface area contributed by atoms with Crippen molar-refractivity contribution in [3.63, 3.8) is 0 Å². The summed E-state index contributed by atoms with van der Waals surface area (Å²) >= 11 is 0. The topological polar surface area (TPSA) is 58.4 Å². The van der Waals surface area contributed by atoms with Crippen LogP contribution in [0.25, 0.3) is 0 Å².